The summed E-state index contributed by atoms with van der Waals surface area (Å²) < 4.78 is 0. The van der Waals surface area contributed by atoms with Crippen LogP contribution >= 0.6 is 0 Å². The second kappa shape index (κ2) is 24.1. The van der Waals surface area contributed by atoms with Gasteiger partial charge in [0.2, 0.25) is 35.4 Å². The molecule has 2 fully saturated rings. The van der Waals surface area contributed by atoms with Crippen LogP contribution in [0.3, 0.4) is 0 Å². The Labute approximate surface area is 447 Å². The first-order valence-electron chi connectivity index (χ1n) is 26.9. The third kappa shape index (κ3) is 13.3. The van der Waals surface area contributed by atoms with E-state index in [4.69, 9.17) is 0 Å². The molecule has 10 atom stereocenters. The van der Waals surface area contributed by atoms with E-state index in [1.54, 1.807) is 27.9 Å². The fourth-order valence-electron chi connectivity index (χ4n) is 10.8. The van der Waals surface area contributed by atoms with Gasteiger partial charge in [-0.05, 0) is 125 Å². The highest BCUT2D eigenvalue weighted by atomic mass is 16.2. The van der Waals surface area contributed by atoms with Crippen LogP contribution in [0.15, 0.2) is 66.7 Å². The zero-order valence-corrected chi connectivity index (χ0v) is 45.8. The van der Waals surface area contributed by atoms with E-state index in [-0.39, 0.29) is 73.0 Å². The normalized spacial score (nSPS) is 22.9. The van der Waals surface area contributed by atoms with Crippen molar-refractivity contribution >= 4 is 47.3 Å². The molecule has 0 spiro atoms. The van der Waals surface area contributed by atoms with Gasteiger partial charge in [0.25, 0.3) is 11.8 Å². The van der Waals surface area contributed by atoms with Crippen LogP contribution in [0.25, 0.3) is 0 Å². The Kier molecular flexibility index (Phi) is 18.1. The van der Waals surface area contributed by atoms with Gasteiger partial charge in [0.05, 0.1) is 24.2 Å². The molecule has 8 N–H and O–H groups in total. The summed E-state index contributed by atoms with van der Waals surface area (Å²) in [7, 11) is 3.29. The van der Waals surface area contributed by atoms with Crippen molar-refractivity contribution in [3.05, 3.63) is 100 Å². The molecule has 0 saturated carbocycles. The predicted octanol–water partition coefficient (Wildman–Crippen LogP) is 3.15. The van der Waals surface area contributed by atoms with Crippen molar-refractivity contribution in [1.29, 1.82) is 0 Å². The maximum atomic E-state index is 14.7. The molecule has 0 bridgehead atoms. The number of likely N-dealkylation sites (tertiary alicyclic amines) is 2. The fourth-order valence-corrected chi connectivity index (χ4v) is 10.8. The summed E-state index contributed by atoms with van der Waals surface area (Å²) >= 11 is 0. The molecule has 2 aromatic carbocycles. The van der Waals surface area contributed by atoms with Crippen molar-refractivity contribution in [2.45, 2.75) is 167 Å². The van der Waals surface area contributed by atoms with Crippen LogP contribution in [0, 0.1) is 10.8 Å². The summed E-state index contributed by atoms with van der Waals surface area (Å²) in [5.74, 6) is -3.72. The lowest BCUT2D eigenvalue weighted by Crippen LogP contribution is -2.59. The molecular formula is C57H79N11O8. The largest absolute Gasteiger partial charge is 0.347 e. The summed E-state index contributed by atoms with van der Waals surface area (Å²) in [5, 5.41) is 24.0. The molecular weight excluding hydrogens is 967 g/mol. The summed E-state index contributed by atoms with van der Waals surface area (Å²) in [4.78, 5) is 120. The van der Waals surface area contributed by atoms with Crippen molar-refractivity contribution in [2.75, 3.05) is 27.2 Å². The number of fused-ring (bicyclic) bond motifs is 2. The number of benzene rings is 2. The molecule has 8 amide bonds. The van der Waals surface area contributed by atoms with Gasteiger partial charge in [0.15, 0.2) is 0 Å². The Bertz CT molecular complexity index is 2490. The van der Waals surface area contributed by atoms with Crippen LogP contribution in [0.2, 0.25) is 0 Å². The molecule has 19 nitrogen and oxygen atoms in total. The molecule has 1 unspecified atom stereocenters. The average Bonchev–Trinajstić information content (AvgIpc) is 4.03. The number of nitrogens with zero attached hydrogens (tertiary/aromatic N) is 3. The zero-order chi connectivity index (χ0) is 55.2. The standard InChI is InChI=1S/C57H79N11O8/c1-32(58-9)48(69)65-46(56(3,4)5)54(75)67-30-36(28-44(67)52(73)63-40-24-15-20-34-18-11-13-22-38(34)40)60-50(71)42-26-17-27-43(62-42)51(72)61-37-29-45(53(74)64-41-25-16-21-35-19-12-14-23-39(35)41)68(31-37)55(76)47(57(6,7)8)66-49(70)33(2)59-10/h11-14,17-19,22-23,26-27,32-33,36-37,40-41,44-47,58-59H,15-16,20-21,24-25,28-31H2,1-10H3,(H,60,71)(H,61,72)(H,63,73)(H,64,74)(H,65,69)(H,66,70)/t32-,33-,36-,37-,40+,41+,44-,45?,46-,47-/m0/s1. The number of carbonyl (C=O) groups excluding carboxylic acids is 8. The summed E-state index contributed by atoms with van der Waals surface area (Å²) in [5.41, 5.74) is 2.67. The maximum absolute atomic E-state index is 14.7. The van der Waals surface area contributed by atoms with Crippen LogP contribution in [0.1, 0.15) is 149 Å². The second-order valence-corrected chi connectivity index (χ2v) is 23.2. The maximum Gasteiger partial charge on any atom is 0.270 e. The lowest BCUT2D eigenvalue weighted by atomic mass is 9.85. The van der Waals surface area contributed by atoms with Crippen molar-refractivity contribution in [3.8, 4) is 0 Å². The lowest BCUT2D eigenvalue weighted by Gasteiger charge is -2.36. The van der Waals surface area contributed by atoms with E-state index >= 15 is 0 Å². The SMILES string of the molecule is CN[C@@H](C)C(=O)N[C@@H](C(=O)N1C[C@@H](NC(=O)c2cccc(C(=O)N[C@H]3C[C@@H](C(=O)N[C@@H]4CCCc5ccccc54)N(C(=O)[C@H](NC(=O)[C@H](C)NC)C(C)(C)C)C3)n2)CC1C(=O)N[C@@H]1CCCc2ccccc21)C(C)(C)C. The molecule has 19 heteroatoms. The minimum absolute atomic E-state index is 0.0404. The van der Waals surface area contributed by atoms with E-state index in [1.807, 2.05) is 77.9 Å². The topological polar surface area (TPSA) is 252 Å². The van der Waals surface area contributed by atoms with Gasteiger partial charge in [-0.2, -0.15) is 0 Å². The molecule has 2 saturated heterocycles. The fraction of sp³-hybridized carbons (Fsp3) is 0.561. The van der Waals surface area contributed by atoms with Gasteiger partial charge in [-0.25, -0.2) is 4.98 Å². The third-order valence-corrected chi connectivity index (χ3v) is 15.5. The quantitative estimate of drug-likeness (QED) is 0.104. The highest BCUT2D eigenvalue weighted by Crippen LogP contribution is 2.34. The van der Waals surface area contributed by atoms with E-state index in [9.17, 15) is 38.4 Å². The first kappa shape index (κ1) is 57.0. The molecule has 410 valence electrons. The first-order valence-corrected chi connectivity index (χ1v) is 26.9. The number of rotatable bonds is 16. The summed E-state index contributed by atoms with van der Waals surface area (Å²) in [6.07, 6.45) is 5.13. The first-order chi connectivity index (χ1) is 36.0. The molecule has 1 aromatic heterocycles. The van der Waals surface area contributed by atoms with Gasteiger partial charge < -0.3 is 52.3 Å². The van der Waals surface area contributed by atoms with Crippen molar-refractivity contribution in [2.24, 2.45) is 10.8 Å². The molecule has 4 aliphatic rings. The van der Waals surface area contributed by atoms with Crippen molar-refractivity contribution < 1.29 is 38.4 Å². The van der Waals surface area contributed by atoms with Gasteiger partial charge in [-0.3, -0.25) is 38.4 Å². The van der Waals surface area contributed by atoms with E-state index in [0.717, 1.165) is 60.8 Å². The van der Waals surface area contributed by atoms with Gasteiger partial charge in [0, 0.05) is 25.2 Å². The summed E-state index contributed by atoms with van der Waals surface area (Å²) in [6, 6.07) is 13.2. The number of aryl methyl sites for hydroxylation is 2. The highest BCUT2D eigenvalue weighted by Gasteiger charge is 2.48. The molecule has 2 aliphatic heterocycles. The second-order valence-electron chi connectivity index (χ2n) is 23.2. The average molecular weight is 1050 g/mol. The molecule has 3 heterocycles. The van der Waals surface area contributed by atoms with Gasteiger partial charge in [-0.1, -0.05) is 96.1 Å². The number of hydrogen-bond donors (Lipinski definition) is 8. The van der Waals surface area contributed by atoms with Gasteiger partial charge in [0.1, 0.15) is 35.6 Å². The van der Waals surface area contributed by atoms with E-state index in [1.165, 1.54) is 28.0 Å². The van der Waals surface area contributed by atoms with Crippen LogP contribution in [0.5, 0.6) is 0 Å². The van der Waals surface area contributed by atoms with Crippen LogP contribution in [-0.4, -0.2) is 138 Å². The van der Waals surface area contributed by atoms with Crippen molar-refractivity contribution in [1.82, 2.24) is 57.3 Å². The minimum Gasteiger partial charge on any atom is -0.347 e. The minimum atomic E-state index is -1.01. The van der Waals surface area contributed by atoms with E-state index < -0.39 is 82.8 Å². The lowest BCUT2D eigenvalue weighted by molar-refractivity contribution is -0.144. The number of amides is 8. The Hall–Kier alpha value is -6.73. The third-order valence-electron chi connectivity index (χ3n) is 15.5. The zero-order valence-electron chi connectivity index (χ0n) is 45.8. The molecule has 0 radical (unpaired) electrons. The molecule has 7 rings (SSSR count). The predicted molar refractivity (Wildman–Crippen MR) is 287 cm³/mol. The molecule has 3 aromatic rings. The van der Waals surface area contributed by atoms with Crippen LogP contribution < -0.4 is 42.5 Å². The Balaban J connectivity index is 1.09. The number of pyridine rings is 1. The highest BCUT2D eigenvalue weighted by molar-refractivity contribution is 5.98. The smallest absolute Gasteiger partial charge is 0.270 e. The Morgan fingerprint density at radius 2 is 0.921 bits per heavy atom. The molecule has 76 heavy (non-hydrogen) atoms. The number of nitrogens with one attached hydrogen (secondary N) is 8. The number of hydrogen-bond acceptors (Lipinski definition) is 11. The molecule has 2 aliphatic carbocycles. The number of carbonyl (C=O) groups is 8. The van der Waals surface area contributed by atoms with Crippen molar-refractivity contribution in [3.63, 3.8) is 0 Å². The van der Waals surface area contributed by atoms with Gasteiger partial charge >= 0.3 is 0 Å². The van der Waals surface area contributed by atoms with Crippen LogP contribution in [-0.2, 0) is 41.6 Å². The number of likely N-dealkylation sites (N-methyl/N-ethyl adjacent to an activating group) is 2. The Morgan fingerprint density at radius 1 is 0.539 bits per heavy atom. The number of aromatic nitrogens is 1. The Morgan fingerprint density at radius 3 is 1.29 bits per heavy atom. The van der Waals surface area contributed by atoms with Gasteiger partial charge in [-0.15, -0.1) is 0 Å². The van der Waals surface area contributed by atoms with Crippen LogP contribution in [0.4, 0.5) is 0 Å². The monoisotopic (exact) mass is 1050 g/mol. The van der Waals surface area contributed by atoms with E-state index in [2.05, 4.69) is 59.7 Å². The summed E-state index contributed by atoms with van der Waals surface area (Å²) in [6.45, 7) is 14.3. The van der Waals surface area contributed by atoms with E-state index in [0.29, 0.717) is 0 Å².